The highest BCUT2D eigenvalue weighted by atomic mass is 16.3. The number of nitrogens with zero attached hydrogens (tertiary/aromatic N) is 1. The molecule has 0 aliphatic heterocycles. The number of rotatable bonds is 13. The number of hydrogen-bond acceptors (Lipinski definition) is 2. The van der Waals surface area contributed by atoms with Gasteiger partial charge in [-0.25, -0.2) is 0 Å². The third-order valence-electron chi connectivity index (χ3n) is 7.99. The first kappa shape index (κ1) is 23.7. The first-order valence-corrected chi connectivity index (χ1v) is 12.8. The molecule has 1 N–H and O–H groups in total. The van der Waals surface area contributed by atoms with Gasteiger partial charge in [0.05, 0.1) is 6.07 Å². The summed E-state index contributed by atoms with van der Waals surface area (Å²) in [4.78, 5) is 0. The number of nitriles is 1. The highest BCUT2D eigenvalue weighted by Gasteiger charge is 2.34. The van der Waals surface area contributed by atoms with Crippen LogP contribution in [0.2, 0.25) is 0 Å². The van der Waals surface area contributed by atoms with Crippen LogP contribution in [-0.2, 0) is 0 Å². The van der Waals surface area contributed by atoms with E-state index in [1.165, 1.54) is 96.3 Å². The number of hydrogen-bond donors (Lipinski definition) is 1. The van der Waals surface area contributed by atoms with Gasteiger partial charge >= 0.3 is 0 Å². The molecule has 1 unspecified atom stereocenters. The zero-order valence-electron chi connectivity index (χ0n) is 18.7. The van der Waals surface area contributed by atoms with Crippen LogP contribution in [0, 0.1) is 40.9 Å². The van der Waals surface area contributed by atoms with Crippen molar-refractivity contribution in [1.82, 2.24) is 0 Å². The van der Waals surface area contributed by atoms with Crippen LogP contribution in [-0.4, -0.2) is 11.7 Å². The predicted octanol–water partition coefficient (Wildman–Crippen LogP) is 7.65. The summed E-state index contributed by atoms with van der Waals surface area (Å²) in [6.45, 7) is 2.64. The van der Waals surface area contributed by atoms with Gasteiger partial charge in [0.25, 0.3) is 0 Å². The van der Waals surface area contributed by atoms with Crippen molar-refractivity contribution < 1.29 is 5.11 Å². The van der Waals surface area contributed by atoms with E-state index in [-0.39, 0.29) is 0 Å². The second-order valence-electron chi connectivity index (χ2n) is 9.96. The summed E-state index contributed by atoms with van der Waals surface area (Å²) in [6, 6.07) is 2.47. The first-order chi connectivity index (χ1) is 13.8. The quantitative estimate of drug-likeness (QED) is 0.329. The fraction of sp³-hybridized carbons (Fsp3) is 0.962. The lowest BCUT2D eigenvalue weighted by Gasteiger charge is -2.40. The fourth-order valence-electron chi connectivity index (χ4n) is 6.15. The van der Waals surface area contributed by atoms with E-state index in [0.29, 0.717) is 18.4 Å². The molecule has 0 heterocycles. The van der Waals surface area contributed by atoms with Crippen molar-refractivity contribution in [1.29, 1.82) is 5.26 Å². The van der Waals surface area contributed by atoms with Crippen LogP contribution in [0.4, 0.5) is 0 Å². The standard InChI is InChI=1S/C26H47NO/c1-2-3-4-5-6-7-8-9-10-22-11-15-24(16-12-22)26(19-20-28)25-17-13-23(21-27)14-18-25/h22-26,28H,2-20H2,1H3. The maximum absolute atomic E-state index is 9.63. The average molecular weight is 390 g/mol. The van der Waals surface area contributed by atoms with E-state index in [4.69, 9.17) is 5.26 Å². The van der Waals surface area contributed by atoms with Crippen LogP contribution in [0.3, 0.4) is 0 Å². The SMILES string of the molecule is CCCCCCCCCCC1CCC(C(CCO)C2CCC(C#N)CC2)CC1. The molecule has 0 radical (unpaired) electrons. The van der Waals surface area contributed by atoms with E-state index in [2.05, 4.69) is 13.0 Å². The topological polar surface area (TPSA) is 44.0 Å². The van der Waals surface area contributed by atoms with E-state index < -0.39 is 0 Å². The van der Waals surface area contributed by atoms with Crippen LogP contribution < -0.4 is 0 Å². The molecule has 0 aromatic heterocycles. The van der Waals surface area contributed by atoms with Crippen molar-refractivity contribution in [2.75, 3.05) is 6.61 Å². The number of aliphatic hydroxyl groups excluding tert-OH is 1. The molecule has 0 saturated heterocycles. The minimum absolute atomic E-state index is 0.299. The van der Waals surface area contributed by atoms with Gasteiger partial charge in [-0.15, -0.1) is 0 Å². The summed E-state index contributed by atoms with van der Waals surface area (Å²) in [5.74, 6) is 3.60. The third-order valence-corrected chi connectivity index (χ3v) is 7.99. The number of aliphatic hydroxyl groups is 1. The Morgan fingerprint density at radius 1 is 0.786 bits per heavy atom. The van der Waals surface area contributed by atoms with Gasteiger partial charge in [-0.1, -0.05) is 77.6 Å². The van der Waals surface area contributed by atoms with Gasteiger partial charge in [-0.2, -0.15) is 5.26 Å². The maximum atomic E-state index is 9.63. The monoisotopic (exact) mass is 389 g/mol. The van der Waals surface area contributed by atoms with Crippen LogP contribution >= 0.6 is 0 Å². The van der Waals surface area contributed by atoms with Gasteiger partial charge in [-0.3, -0.25) is 0 Å². The van der Waals surface area contributed by atoms with Crippen LogP contribution in [0.1, 0.15) is 122 Å². The molecule has 1 atom stereocenters. The highest BCUT2D eigenvalue weighted by molar-refractivity contribution is 4.90. The molecule has 2 rings (SSSR count). The first-order valence-electron chi connectivity index (χ1n) is 12.8. The second kappa shape index (κ2) is 14.4. The summed E-state index contributed by atoms with van der Waals surface area (Å²) in [5.41, 5.74) is 0. The Hall–Kier alpha value is -0.550. The van der Waals surface area contributed by atoms with Crippen molar-refractivity contribution in [3.63, 3.8) is 0 Å². The van der Waals surface area contributed by atoms with Crippen molar-refractivity contribution in [2.24, 2.45) is 29.6 Å². The van der Waals surface area contributed by atoms with Gasteiger partial charge in [0, 0.05) is 12.5 Å². The van der Waals surface area contributed by atoms with Crippen molar-refractivity contribution in [3.8, 4) is 6.07 Å². The third kappa shape index (κ3) is 8.44. The molecule has 0 spiro atoms. The van der Waals surface area contributed by atoms with Gasteiger partial charge < -0.3 is 5.11 Å². The smallest absolute Gasteiger partial charge is 0.0655 e. The lowest BCUT2D eigenvalue weighted by molar-refractivity contribution is 0.0918. The molecular weight excluding hydrogens is 342 g/mol. The molecule has 0 aromatic carbocycles. The molecule has 0 aromatic rings. The Morgan fingerprint density at radius 3 is 1.86 bits per heavy atom. The highest BCUT2D eigenvalue weighted by Crippen LogP contribution is 2.44. The summed E-state index contributed by atoms with van der Waals surface area (Å²) in [7, 11) is 0. The van der Waals surface area contributed by atoms with Crippen LogP contribution in [0.15, 0.2) is 0 Å². The Balaban J connectivity index is 1.61. The Labute approximate surface area is 175 Å². The Bertz CT molecular complexity index is 413. The fourth-order valence-corrected chi connectivity index (χ4v) is 6.15. The summed E-state index contributed by atoms with van der Waals surface area (Å²) < 4.78 is 0. The van der Waals surface area contributed by atoms with E-state index in [9.17, 15) is 5.11 Å². The molecule has 28 heavy (non-hydrogen) atoms. The predicted molar refractivity (Wildman–Crippen MR) is 119 cm³/mol. The van der Waals surface area contributed by atoms with E-state index in [0.717, 1.165) is 37.0 Å². The molecule has 162 valence electrons. The van der Waals surface area contributed by atoms with E-state index in [1.54, 1.807) is 0 Å². The Morgan fingerprint density at radius 2 is 1.32 bits per heavy atom. The maximum Gasteiger partial charge on any atom is 0.0655 e. The van der Waals surface area contributed by atoms with Gasteiger partial charge in [0.15, 0.2) is 0 Å². The van der Waals surface area contributed by atoms with E-state index >= 15 is 0 Å². The zero-order valence-corrected chi connectivity index (χ0v) is 18.7. The molecule has 2 saturated carbocycles. The molecule has 2 aliphatic rings. The lowest BCUT2D eigenvalue weighted by Crippen LogP contribution is -2.31. The van der Waals surface area contributed by atoms with Crippen LogP contribution in [0.5, 0.6) is 0 Å². The summed E-state index contributed by atoms with van der Waals surface area (Å²) in [6.07, 6.45) is 24.2. The van der Waals surface area contributed by atoms with Gasteiger partial charge in [-0.05, 0) is 68.6 Å². The van der Waals surface area contributed by atoms with E-state index in [1.807, 2.05) is 0 Å². The van der Waals surface area contributed by atoms with Gasteiger partial charge in [0.2, 0.25) is 0 Å². The molecule has 2 fully saturated rings. The molecule has 2 heteroatoms. The Kier molecular flexibility index (Phi) is 12.2. The van der Waals surface area contributed by atoms with Crippen molar-refractivity contribution >= 4 is 0 Å². The minimum atomic E-state index is 0.299. The summed E-state index contributed by atoms with van der Waals surface area (Å²) >= 11 is 0. The van der Waals surface area contributed by atoms with Crippen molar-refractivity contribution in [3.05, 3.63) is 0 Å². The second-order valence-corrected chi connectivity index (χ2v) is 9.96. The normalized spacial score (nSPS) is 29.3. The molecule has 0 bridgehead atoms. The number of unbranched alkanes of at least 4 members (excludes halogenated alkanes) is 7. The average Bonchev–Trinajstić information content (AvgIpc) is 2.74. The minimum Gasteiger partial charge on any atom is -0.396 e. The molecule has 0 amide bonds. The summed E-state index contributed by atoms with van der Waals surface area (Å²) in [5, 5.41) is 18.8. The molecule has 2 aliphatic carbocycles. The van der Waals surface area contributed by atoms with Crippen molar-refractivity contribution in [2.45, 2.75) is 122 Å². The van der Waals surface area contributed by atoms with Gasteiger partial charge in [0.1, 0.15) is 0 Å². The lowest BCUT2D eigenvalue weighted by atomic mass is 9.65. The van der Waals surface area contributed by atoms with Crippen LogP contribution in [0.25, 0.3) is 0 Å². The largest absolute Gasteiger partial charge is 0.396 e. The molecule has 2 nitrogen and oxygen atoms in total. The molecular formula is C26H47NO. The zero-order chi connectivity index (χ0) is 20.0.